The van der Waals surface area contributed by atoms with E-state index in [0.29, 0.717) is 0 Å². The maximum Gasteiger partial charge on any atom is 0.124 e. The van der Waals surface area contributed by atoms with Crippen molar-refractivity contribution in [3.8, 4) is 27.6 Å². The number of thiazole rings is 1. The van der Waals surface area contributed by atoms with Gasteiger partial charge in [-0.2, -0.15) is 0 Å². The lowest BCUT2D eigenvalue weighted by Crippen LogP contribution is -1.84. The van der Waals surface area contributed by atoms with Crippen molar-refractivity contribution < 1.29 is 9.13 Å². The van der Waals surface area contributed by atoms with Crippen LogP contribution in [0.1, 0.15) is 0 Å². The van der Waals surface area contributed by atoms with E-state index in [2.05, 4.69) is 4.98 Å². The van der Waals surface area contributed by atoms with Crippen LogP contribution in [0.5, 0.6) is 5.75 Å². The number of benzene rings is 2. The molecule has 0 N–H and O–H groups in total. The van der Waals surface area contributed by atoms with Gasteiger partial charge in [-0.1, -0.05) is 12.1 Å². The van der Waals surface area contributed by atoms with E-state index in [9.17, 15) is 4.39 Å². The van der Waals surface area contributed by atoms with Crippen molar-refractivity contribution in [2.24, 2.45) is 0 Å². The Balaban J connectivity index is 1.95. The average molecular weight is 285 g/mol. The Hall–Kier alpha value is -2.20. The average Bonchev–Trinajstić information content (AvgIpc) is 2.98. The zero-order valence-corrected chi connectivity index (χ0v) is 11.7. The van der Waals surface area contributed by atoms with Crippen molar-refractivity contribution in [2.75, 3.05) is 7.11 Å². The summed E-state index contributed by atoms with van der Waals surface area (Å²) >= 11 is 1.54. The predicted molar refractivity (Wildman–Crippen MR) is 79.5 cm³/mol. The summed E-state index contributed by atoms with van der Waals surface area (Å²) in [7, 11) is 1.64. The molecule has 0 radical (unpaired) electrons. The zero-order chi connectivity index (χ0) is 13.9. The van der Waals surface area contributed by atoms with Gasteiger partial charge in [0.05, 0.1) is 12.8 Å². The Morgan fingerprint density at radius 2 is 1.85 bits per heavy atom. The van der Waals surface area contributed by atoms with E-state index < -0.39 is 0 Å². The van der Waals surface area contributed by atoms with Gasteiger partial charge in [-0.25, -0.2) is 9.37 Å². The first kappa shape index (κ1) is 12.8. The second kappa shape index (κ2) is 5.43. The number of rotatable bonds is 3. The third kappa shape index (κ3) is 2.56. The lowest BCUT2D eigenvalue weighted by atomic mass is 10.1. The lowest BCUT2D eigenvalue weighted by molar-refractivity contribution is 0.415. The smallest absolute Gasteiger partial charge is 0.124 e. The molecule has 0 aliphatic rings. The normalized spacial score (nSPS) is 10.5. The van der Waals surface area contributed by atoms with Gasteiger partial charge in [-0.3, -0.25) is 0 Å². The Labute approximate surface area is 120 Å². The van der Waals surface area contributed by atoms with E-state index in [1.165, 1.54) is 12.1 Å². The molecule has 3 rings (SSSR count). The highest BCUT2D eigenvalue weighted by atomic mass is 32.1. The summed E-state index contributed by atoms with van der Waals surface area (Å²) in [5.74, 6) is 0.567. The maximum absolute atomic E-state index is 12.9. The van der Waals surface area contributed by atoms with Crippen LogP contribution in [0, 0.1) is 5.82 Å². The summed E-state index contributed by atoms with van der Waals surface area (Å²) in [4.78, 5) is 4.60. The highest BCUT2D eigenvalue weighted by Gasteiger charge is 2.07. The molecule has 1 aromatic heterocycles. The van der Waals surface area contributed by atoms with Gasteiger partial charge in [0, 0.05) is 16.5 Å². The van der Waals surface area contributed by atoms with Crippen molar-refractivity contribution in [3.63, 3.8) is 0 Å². The molecule has 2 nitrogen and oxygen atoms in total. The molecule has 0 aliphatic carbocycles. The minimum Gasteiger partial charge on any atom is -0.497 e. The Morgan fingerprint density at radius 1 is 1.05 bits per heavy atom. The van der Waals surface area contributed by atoms with Gasteiger partial charge in [0.2, 0.25) is 0 Å². The van der Waals surface area contributed by atoms with E-state index in [-0.39, 0.29) is 5.82 Å². The quantitative estimate of drug-likeness (QED) is 0.700. The van der Waals surface area contributed by atoms with Crippen LogP contribution in [0.25, 0.3) is 21.8 Å². The molecule has 0 atom stereocenters. The topological polar surface area (TPSA) is 22.1 Å². The van der Waals surface area contributed by atoms with Crippen LogP contribution in [0.3, 0.4) is 0 Å². The Morgan fingerprint density at radius 3 is 2.60 bits per heavy atom. The molecule has 0 amide bonds. The molecule has 0 saturated heterocycles. The number of nitrogens with zero attached hydrogens (tertiary/aromatic N) is 1. The summed E-state index contributed by atoms with van der Waals surface area (Å²) in [6.45, 7) is 0. The third-order valence-corrected chi connectivity index (χ3v) is 3.85. The van der Waals surface area contributed by atoms with Gasteiger partial charge in [0.25, 0.3) is 0 Å². The zero-order valence-electron chi connectivity index (χ0n) is 10.8. The van der Waals surface area contributed by atoms with Crippen LogP contribution in [0.2, 0.25) is 0 Å². The van der Waals surface area contributed by atoms with Crippen LogP contribution >= 0.6 is 11.3 Å². The van der Waals surface area contributed by atoms with E-state index >= 15 is 0 Å². The van der Waals surface area contributed by atoms with Crippen molar-refractivity contribution >= 4 is 11.3 Å². The van der Waals surface area contributed by atoms with Crippen LogP contribution in [-0.4, -0.2) is 12.1 Å². The van der Waals surface area contributed by atoms with Gasteiger partial charge < -0.3 is 4.74 Å². The van der Waals surface area contributed by atoms with Crippen molar-refractivity contribution in [1.82, 2.24) is 4.98 Å². The van der Waals surface area contributed by atoms with Crippen LogP contribution in [0.4, 0.5) is 4.39 Å². The Kier molecular flexibility index (Phi) is 3.48. The lowest BCUT2D eigenvalue weighted by Gasteiger charge is -2.01. The van der Waals surface area contributed by atoms with Crippen molar-refractivity contribution in [1.29, 1.82) is 0 Å². The highest BCUT2D eigenvalue weighted by Crippen LogP contribution is 2.30. The standard InChI is InChI=1S/C16H12FNOS/c1-19-14-4-2-3-12(9-14)15-10-20-16(18-15)11-5-7-13(17)8-6-11/h2-10H,1H3. The molecule has 0 spiro atoms. The molecule has 0 unspecified atom stereocenters. The fourth-order valence-corrected chi connectivity index (χ4v) is 2.75. The molecule has 0 saturated carbocycles. The molecule has 0 fully saturated rings. The summed E-state index contributed by atoms with van der Waals surface area (Å²) in [5.41, 5.74) is 2.83. The van der Waals surface area contributed by atoms with Crippen LogP contribution in [0.15, 0.2) is 53.9 Å². The second-order valence-corrected chi connectivity index (χ2v) is 5.13. The van der Waals surface area contributed by atoms with Crippen molar-refractivity contribution in [2.45, 2.75) is 0 Å². The monoisotopic (exact) mass is 285 g/mol. The molecular weight excluding hydrogens is 273 g/mol. The van der Waals surface area contributed by atoms with E-state index in [0.717, 1.165) is 27.6 Å². The highest BCUT2D eigenvalue weighted by molar-refractivity contribution is 7.13. The molecule has 4 heteroatoms. The minimum absolute atomic E-state index is 0.238. The van der Waals surface area contributed by atoms with E-state index in [4.69, 9.17) is 4.74 Å². The van der Waals surface area contributed by atoms with Gasteiger partial charge in [0.15, 0.2) is 0 Å². The molecule has 1 heterocycles. The first-order chi connectivity index (χ1) is 9.76. The molecule has 20 heavy (non-hydrogen) atoms. The number of methoxy groups -OCH3 is 1. The summed E-state index contributed by atoms with van der Waals surface area (Å²) in [6, 6.07) is 14.1. The first-order valence-corrected chi connectivity index (χ1v) is 7.00. The molecular formula is C16H12FNOS. The summed E-state index contributed by atoms with van der Waals surface area (Å²) < 4.78 is 18.1. The van der Waals surface area contributed by atoms with Gasteiger partial charge in [0.1, 0.15) is 16.6 Å². The van der Waals surface area contributed by atoms with Gasteiger partial charge in [-0.15, -0.1) is 11.3 Å². The number of hydrogen-bond acceptors (Lipinski definition) is 3. The third-order valence-electron chi connectivity index (χ3n) is 2.96. The SMILES string of the molecule is COc1cccc(-c2csc(-c3ccc(F)cc3)n2)c1. The first-order valence-electron chi connectivity index (χ1n) is 6.12. The fourth-order valence-electron chi connectivity index (χ4n) is 1.91. The molecule has 0 bridgehead atoms. The van der Waals surface area contributed by atoms with Gasteiger partial charge in [-0.05, 0) is 36.4 Å². The summed E-state index contributed by atoms with van der Waals surface area (Å²) in [5, 5.41) is 2.87. The van der Waals surface area contributed by atoms with Gasteiger partial charge >= 0.3 is 0 Å². The number of aromatic nitrogens is 1. The van der Waals surface area contributed by atoms with E-state index in [1.54, 1.807) is 30.6 Å². The summed E-state index contributed by atoms with van der Waals surface area (Å²) in [6.07, 6.45) is 0. The maximum atomic E-state index is 12.9. The minimum atomic E-state index is -0.238. The predicted octanol–water partition coefficient (Wildman–Crippen LogP) is 4.62. The Bertz CT molecular complexity index is 721. The van der Waals surface area contributed by atoms with Crippen molar-refractivity contribution in [3.05, 3.63) is 59.7 Å². The largest absolute Gasteiger partial charge is 0.497 e. The van der Waals surface area contributed by atoms with E-state index in [1.807, 2.05) is 29.6 Å². The second-order valence-electron chi connectivity index (χ2n) is 4.28. The fraction of sp³-hybridized carbons (Fsp3) is 0.0625. The number of halogens is 1. The van der Waals surface area contributed by atoms with Crippen LogP contribution < -0.4 is 4.74 Å². The number of hydrogen-bond donors (Lipinski definition) is 0. The number of ether oxygens (including phenoxy) is 1. The molecule has 0 aliphatic heterocycles. The molecule has 3 aromatic rings. The van der Waals surface area contributed by atoms with Crippen LogP contribution in [-0.2, 0) is 0 Å². The molecule has 2 aromatic carbocycles. The molecule has 100 valence electrons.